The topological polar surface area (TPSA) is 68.3 Å². The van der Waals surface area contributed by atoms with Crippen LogP contribution in [0, 0.1) is 0 Å². The number of hydrogen-bond donors (Lipinski definition) is 3. The molecule has 1 saturated heterocycles. The minimum Gasteiger partial charge on any atom is -0.356 e. The van der Waals surface area contributed by atoms with Crippen molar-refractivity contribution in [2.24, 2.45) is 4.99 Å². The van der Waals surface area contributed by atoms with Gasteiger partial charge >= 0.3 is 6.18 Å². The molecule has 1 fully saturated rings. The lowest BCUT2D eigenvalue weighted by Gasteiger charge is -2.19. The van der Waals surface area contributed by atoms with E-state index in [9.17, 15) is 13.2 Å². The number of likely N-dealkylation sites (tertiary alicyclic amines) is 1. The molecule has 0 aliphatic carbocycles. The van der Waals surface area contributed by atoms with Crippen molar-refractivity contribution in [2.45, 2.75) is 31.6 Å². The standard InChI is InChI=1S/C23H27F3N6.HI/c1-27-22(28-12-10-21-30-19-4-2-3-5-20(19)31-21)29-18-11-13-32(15-18)14-16-6-8-17(9-7-16)23(24,25)26;/h2-9,18H,10-15H2,1H3,(H,30,31)(H2,27,28,29);1H. The average Bonchev–Trinajstić information content (AvgIpc) is 3.39. The van der Waals surface area contributed by atoms with Gasteiger partial charge in [0.05, 0.1) is 16.6 Å². The molecule has 4 rings (SSSR count). The van der Waals surface area contributed by atoms with Gasteiger partial charge in [0.2, 0.25) is 0 Å². The van der Waals surface area contributed by atoms with Gasteiger partial charge in [0.25, 0.3) is 0 Å². The number of H-pyrrole nitrogens is 1. The molecule has 0 spiro atoms. The maximum absolute atomic E-state index is 12.7. The number of para-hydroxylation sites is 2. The lowest BCUT2D eigenvalue weighted by Crippen LogP contribution is -2.45. The highest BCUT2D eigenvalue weighted by Crippen LogP contribution is 2.29. The second-order valence-corrected chi connectivity index (χ2v) is 8.01. The zero-order chi connectivity index (χ0) is 22.6. The quantitative estimate of drug-likeness (QED) is 0.236. The van der Waals surface area contributed by atoms with Crippen molar-refractivity contribution in [1.82, 2.24) is 25.5 Å². The number of nitrogens with one attached hydrogen (secondary N) is 3. The van der Waals surface area contributed by atoms with Crippen molar-refractivity contribution < 1.29 is 13.2 Å². The van der Waals surface area contributed by atoms with Gasteiger partial charge in [0.1, 0.15) is 5.82 Å². The van der Waals surface area contributed by atoms with Crippen molar-refractivity contribution >= 4 is 41.0 Å². The van der Waals surface area contributed by atoms with Crippen LogP contribution in [0.5, 0.6) is 0 Å². The molecule has 1 unspecified atom stereocenters. The Labute approximate surface area is 208 Å². The first-order valence-corrected chi connectivity index (χ1v) is 10.7. The maximum atomic E-state index is 12.7. The van der Waals surface area contributed by atoms with E-state index in [4.69, 9.17) is 0 Å². The largest absolute Gasteiger partial charge is 0.416 e. The third-order valence-corrected chi connectivity index (χ3v) is 5.62. The van der Waals surface area contributed by atoms with Gasteiger partial charge in [-0.05, 0) is 36.2 Å². The highest BCUT2D eigenvalue weighted by Gasteiger charge is 2.30. The van der Waals surface area contributed by atoms with Gasteiger partial charge in [-0.3, -0.25) is 9.89 Å². The minimum absolute atomic E-state index is 0. The van der Waals surface area contributed by atoms with Crippen molar-refractivity contribution in [3.8, 4) is 0 Å². The highest BCUT2D eigenvalue weighted by atomic mass is 127. The first kappa shape index (κ1) is 25.3. The van der Waals surface area contributed by atoms with E-state index < -0.39 is 11.7 Å². The molecule has 0 saturated carbocycles. The summed E-state index contributed by atoms with van der Waals surface area (Å²) in [5.74, 6) is 1.67. The van der Waals surface area contributed by atoms with Crippen LogP contribution in [0.4, 0.5) is 13.2 Å². The average molecular weight is 572 g/mol. The van der Waals surface area contributed by atoms with Gasteiger partial charge in [0.15, 0.2) is 5.96 Å². The lowest BCUT2D eigenvalue weighted by atomic mass is 10.1. The predicted molar refractivity (Wildman–Crippen MR) is 135 cm³/mol. The molecule has 2 heterocycles. The number of nitrogens with zero attached hydrogens (tertiary/aromatic N) is 3. The molecular weight excluding hydrogens is 544 g/mol. The Kier molecular flexibility index (Phi) is 8.57. The summed E-state index contributed by atoms with van der Waals surface area (Å²) < 4.78 is 38.2. The van der Waals surface area contributed by atoms with Crippen LogP contribution in [-0.2, 0) is 19.1 Å². The molecule has 1 aliphatic heterocycles. The molecule has 0 amide bonds. The van der Waals surface area contributed by atoms with E-state index >= 15 is 0 Å². The number of halogens is 4. The number of fused-ring (bicyclic) bond motifs is 1. The SMILES string of the molecule is CN=C(NCCc1nc2ccccc2[nH]1)NC1CCN(Cc2ccc(C(F)(F)F)cc2)C1.I. The summed E-state index contributed by atoms with van der Waals surface area (Å²) in [7, 11) is 1.74. The van der Waals surface area contributed by atoms with Crippen molar-refractivity contribution in [1.29, 1.82) is 0 Å². The first-order chi connectivity index (χ1) is 15.4. The molecule has 3 aromatic rings. The summed E-state index contributed by atoms with van der Waals surface area (Å²) in [6.07, 6.45) is -2.60. The molecule has 1 aliphatic rings. The fourth-order valence-corrected chi connectivity index (χ4v) is 3.96. The monoisotopic (exact) mass is 572 g/mol. The Morgan fingerprint density at radius 2 is 1.94 bits per heavy atom. The molecule has 178 valence electrons. The number of aliphatic imine (C=N–C) groups is 1. The third kappa shape index (κ3) is 6.83. The molecule has 6 nitrogen and oxygen atoms in total. The molecule has 2 aromatic carbocycles. The fraction of sp³-hybridized carbons (Fsp3) is 0.391. The smallest absolute Gasteiger partial charge is 0.356 e. The van der Waals surface area contributed by atoms with Crippen LogP contribution in [0.2, 0.25) is 0 Å². The number of guanidine groups is 1. The molecule has 1 atom stereocenters. The summed E-state index contributed by atoms with van der Waals surface area (Å²) in [6, 6.07) is 13.6. The number of imidazole rings is 1. The van der Waals surface area contributed by atoms with Crippen LogP contribution < -0.4 is 10.6 Å². The third-order valence-electron chi connectivity index (χ3n) is 5.62. The molecule has 10 heteroatoms. The van der Waals surface area contributed by atoms with Gasteiger partial charge in [-0.2, -0.15) is 13.2 Å². The molecule has 1 aromatic heterocycles. The number of rotatable bonds is 6. The Morgan fingerprint density at radius 1 is 1.18 bits per heavy atom. The van der Waals surface area contributed by atoms with Gasteiger partial charge in [-0.25, -0.2) is 4.98 Å². The second-order valence-electron chi connectivity index (χ2n) is 8.01. The van der Waals surface area contributed by atoms with Crippen LogP contribution in [0.25, 0.3) is 11.0 Å². The van der Waals surface area contributed by atoms with Crippen LogP contribution in [0.15, 0.2) is 53.5 Å². The van der Waals surface area contributed by atoms with Gasteiger partial charge in [-0.1, -0.05) is 24.3 Å². The van der Waals surface area contributed by atoms with E-state index in [0.29, 0.717) is 13.1 Å². The Bertz CT molecular complexity index is 1030. The van der Waals surface area contributed by atoms with Gasteiger partial charge < -0.3 is 15.6 Å². The second kappa shape index (κ2) is 11.2. The molecule has 0 bridgehead atoms. The van der Waals surface area contributed by atoms with E-state index in [2.05, 4.69) is 30.5 Å². The zero-order valence-electron chi connectivity index (χ0n) is 18.3. The summed E-state index contributed by atoms with van der Waals surface area (Å²) in [5.41, 5.74) is 2.26. The molecule has 0 radical (unpaired) electrons. The number of aromatic amines is 1. The van der Waals surface area contributed by atoms with Crippen LogP contribution in [0.1, 0.15) is 23.4 Å². The first-order valence-electron chi connectivity index (χ1n) is 10.7. The van der Waals surface area contributed by atoms with Crippen molar-refractivity contribution in [3.05, 3.63) is 65.5 Å². The van der Waals surface area contributed by atoms with Crippen LogP contribution in [0.3, 0.4) is 0 Å². The maximum Gasteiger partial charge on any atom is 0.416 e. The normalized spacial score (nSPS) is 17.2. The summed E-state index contributed by atoms with van der Waals surface area (Å²) in [4.78, 5) is 14.4. The number of hydrogen-bond acceptors (Lipinski definition) is 3. The lowest BCUT2D eigenvalue weighted by molar-refractivity contribution is -0.137. The summed E-state index contributed by atoms with van der Waals surface area (Å²) >= 11 is 0. The Balaban J connectivity index is 0.00000306. The Morgan fingerprint density at radius 3 is 2.64 bits per heavy atom. The number of alkyl halides is 3. The summed E-state index contributed by atoms with van der Waals surface area (Å²) in [6.45, 7) is 3.02. The van der Waals surface area contributed by atoms with E-state index in [1.165, 1.54) is 0 Å². The zero-order valence-corrected chi connectivity index (χ0v) is 20.7. The molecule has 3 N–H and O–H groups in total. The van der Waals surface area contributed by atoms with Gasteiger partial charge in [-0.15, -0.1) is 24.0 Å². The minimum atomic E-state index is -4.30. The summed E-state index contributed by atoms with van der Waals surface area (Å²) in [5, 5.41) is 6.77. The number of aromatic nitrogens is 2. The molecular formula is C23H28F3IN6. The van der Waals surface area contributed by atoms with E-state index in [0.717, 1.165) is 66.4 Å². The highest BCUT2D eigenvalue weighted by molar-refractivity contribution is 14.0. The Hall–Kier alpha value is -2.34. The van der Waals surface area contributed by atoms with Crippen molar-refractivity contribution in [2.75, 3.05) is 26.7 Å². The van der Waals surface area contributed by atoms with Crippen LogP contribution in [-0.4, -0.2) is 53.6 Å². The van der Waals surface area contributed by atoms with Crippen molar-refractivity contribution in [3.63, 3.8) is 0 Å². The van der Waals surface area contributed by atoms with Crippen LogP contribution >= 0.6 is 24.0 Å². The molecule has 33 heavy (non-hydrogen) atoms. The van der Waals surface area contributed by atoms with E-state index in [1.807, 2.05) is 24.3 Å². The predicted octanol–water partition coefficient (Wildman–Crippen LogP) is 4.18. The fourth-order valence-electron chi connectivity index (χ4n) is 3.96. The number of benzene rings is 2. The van der Waals surface area contributed by atoms with E-state index in [1.54, 1.807) is 19.2 Å². The van der Waals surface area contributed by atoms with E-state index in [-0.39, 0.29) is 30.0 Å². The van der Waals surface area contributed by atoms with Gasteiger partial charge in [0, 0.05) is 45.7 Å².